The number of aryl methyl sites for hydroxylation is 4. The van der Waals surface area contributed by atoms with E-state index < -0.39 is 0 Å². The summed E-state index contributed by atoms with van der Waals surface area (Å²) in [6, 6.07) is 11.4. The molecule has 0 fully saturated rings. The van der Waals surface area contributed by atoms with Gasteiger partial charge in [0, 0.05) is 11.1 Å². The number of hydrogen-bond acceptors (Lipinski definition) is 0. The van der Waals surface area contributed by atoms with Crippen molar-refractivity contribution in [2.24, 2.45) is 0 Å². The first-order chi connectivity index (χ1) is 11.9. The lowest BCUT2D eigenvalue weighted by molar-refractivity contribution is -0.407. The fraction of sp³-hybridized carbons (Fsp3) is 0.217. The van der Waals surface area contributed by atoms with Crippen LogP contribution in [0.2, 0.25) is 0 Å². The molecule has 2 heterocycles. The Morgan fingerprint density at radius 2 is 1.56 bits per heavy atom. The van der Waals surface area contributed by atoms with Crippen molar-refractivity contribution in [2.45, 2.75) is 34.6 Å². The largest absolute Gasteiger partial charge is 0.305 e. The fourth-order valence-electron chi connectivity index (χ4n) is 4.32. The van der Waals surface area contributed by atoms with E-state index in [1.165, 1.54) is 55.2 Å². The predicted octanol–water partition coefficient (Wildman–Crippen LogP) is 0.989. The van der Waals surface area contributed by atoms with Gasteiger partial charge in [0.05, 0.1) is 0 Å². The Morgan fingerprint density at radius 1 is 0.840 bits per heavy atom. The molecule has 0 spiro atoms. The normalized spacial score (nSPS) is 16.3. The topological polar surface area (TPSA) is 14.0 Å². The molecular weight excluding hydrogens is 301 g/mol. The molecule has 0 saturated heterocycles. The second kappa shape index (κ2) is 5.88. The SMILES string of the molecule is CC1=CC2=c3cc(C)ccc3=CB(c3c(C)cc(C)cc3C)[C]2[NH+]=C1. The van der Waals surface area contributed by atoms with E-state index in [4.69, 9.17) is 0 Å². The minimum atomic E-state index is 0.270. The van der Waals surface area contributed by atoms with E-state index in [2.05, 4.69) is 88.2 Å². The Balaban J connectivity index is 2.02. The average molecular weight is 325 g/mol. The third kappa shape index (κ3) is 2.70. The molecule has 123 valence electrons. The maximum Gasteiger partial charge on any atom is 0.305 e. The van der Waals surface area contributed by atoms with Crippen molar-refractivity contribution in [3.05, 3.63) is 80.6 Å². The maximum atomic E-state index is 3.60. The van der Waals surface area contributed by atoms with Crippen LogP contribution < -0.4 is 20.9 Å². The lowest BCUT2D eigenvalue weighted by Gasteiger charge is -2.24. The zero-order chi connectivity index (χ0) is 17.7. The van der Waals surface area contributed by atoms with Gasteiger partial charge in [0.1, 0.15) is 0 Å². The van der Waals surface area contributed by atoms with Crippen molar-refractivity contribution < 1.29 is 4.99 Å². The number of rotatable bonds is 1. The second-order valence-corrected chi connectivity index (χ2v) is 7.55. The van der Waals surface area contributed by atoms with E-state index in [0.29, 0.717) is 0 Å². The molecule has 4 rings (SSSR count). The number of nitrogens with one attached hydrogen (secondary N) is 1. The highest BCUT2D eigenvalue weighted by molar-refractivity contribution is 6.91. The van der Waals surface area contributed by atoms with Crippen LogP contribution >= 0.6 is 0 Å². The van der Waals surface area contributed by atoms with Crippen LogP contribution in [-0.4, -0.2) is 12.9 Å². The van der Waals surface area contributed by atoms with Gasteiger partial charge in [-0.3, -0.25) is 0 Å². The van der Waals surface area contributed by atoms with Crippen molar-refractivity contribution in [1.29, 1.82) is 0 Å². The maximum absolute atomic E-state index is 3.60. The molecule has 0 saturated carbocycles. The van der Waals surface area contributed by atoms with Gasteiger partial charge in [0.2, 0.25) is 5.94 Å². The number of allylic oxidation sites excluding steroid dienone is 1. The van der Waals surface area contributed by atoms with E-state index in [-0.39, 0.29) is 6.71 Å². The zero-order valence-electron chi connectivity index (χ0n) is 15.7. The summed E-state index contributed by atoms with van der Waals surface area (Å²) >= 11 is 0. The van der Waals surface area contributed by atoms with Crippen LogP contribution in [0.25, 0.3) is 11.5 Å². The molecule has 0 amide bonds. The molecule has 1 N–H and O–H groups in total. The monoisotopic (exact) mass is 325 g/mol. The first-order valence-electron chi connectivity index (χ1n) is 9.00. The second-order valence-electron chi connectivity index (χ2n) is 7.55. The van der Waals surface area contributed by atoms with Crippen LogP contribution in [-0.2, 0) is 0 Å². The quantitative estimate of drug-likeness (QED) is 0.752. The summed E-state index contributed by atoms with van der Waals surface area (Å²) in [6.07, 6.45) is 4.45. The van der Waals surface area contributed by atoms with Gasteiger partial charge in [-0.15, -0.1) is 0 Å². The molecule has 2 heteroatoms. The van der Waals surface area contributed by atoms with Crippen LogP contribution in [0.15, 0.2) is 42.0 Å². The van der Waals surface area contributed by atoms with Crippen LogP contribution in [0.5, 0.6) is 0 Å². The van der Waals surface area contributed by atoms with Gasteiger partial charge in [-0.2, -0.15) is 0 Å². The zero-order valence-corrected chi connectivity index (χ0v) is 15.7. The van der Waals surface area contributed by atoms with Crippen LogP contribution in [0.4, 0.5) is 0 Å². The standard InChI is InChI=1S/C23H24BN/c1-14-6-7-19-12-24(22-17(4)8-15(2)9-18(22)5)23-21(20(19)10-14)11-16(3)13-25-23/h6-13,25H,1-5H3/q+1. The Bertz CT molecular complexity index is 1030. The summed E-state index contributed by atoms with van der Waals surface area (Å²) in [5.74, 6) is 3.73. The Kier molecular flexibility index (Phi) is 3.79. The Labute approximate surface area is 150 Å². The first-order valence-corrected chi connectivity index (χ1v) is 9.00. The summed E-state index contributed by atoms with van der Waals surface area (Å²) in [4.78, 5) is 3.60. The smallest absolute Gasteiger partial charge is 0.240 e. The highest BCUT2D eigenvalue weighted by Crippen LogP contribution is 2.20. The van der Waals surface area contributed by atoms with Gasteiger partial charge in [-0.25, -0.2) is 4.99 Å². The summed E-state index contributed by atoms with van der Waals surface area (Å²) in [5.41, 5.74) is 9.41. The molecule has 25 heavy (non-hydrogen) atoms. The van der Waals surface area contributed by atoms with E-state index in [0.717, 1.165) is 0 Å². The van der Waals surface area contributed by atoms with Crippen molar-refractivity contribution in [1.82, 2.24) is 0 Å². The molecule has 1 radical (unpaired) electrons. The summed E-state index contributed by atoms with van der Waals surface area (Å²) < 4.78 is 0. The highest BCUT2D eigenvalue weighted by Gasteiger charge is 2.39. The molecule has 0 aromatic heterocycles. The number of benzene rings is 2. The summed E-state index contributed by atoms with van der Waals surface area (Å²) in [6.45, 7) is 11.2. The molecule has 2 aromatic rings. The van der Waals surface area contributed by atoms with Gasteiger partial charge in [0.25, 0.3) is 0 Å². The van der Waals surface area contributed by atoms with Gasteiger partial charge < -0.3 is 0 Å². The van der Waals surface area contributed by atoms with Gasteiger partial charge in [-0.1, -0.05) is 64.0 Å². The van der Waals surface area contributed by atoms with E-state index in [1.54, 1.807) is 0 Å². The minimum absolute atomic E-state index is 0.270. The molecule has 2 aliphatic heterocycles. The highest BCUT2D eigenvalue weighted by atomic mass is 14.8. The first kappa shape index (κ1) is 16.1. The van der Waals surface area contributed by atoms with Crippen molar-refractivity contribution in [3.63, 3.8) is 0 Å². The van der Waals surface area contributed by atoms with E-state index in [9.17, 15) is 0 Å². The molecular formula is C23H24BN+. The Hall–Kier alpha value is -2.35. The van der Waals surface area contributed by atoms with Crippen molar-refractivity contribution in [3.8, 4) is 0 Å². The molecule has 0 atom stereocenters. The van der Waals surface area contributed by atoms with Crippen LogP contribution in [0, 0.1) is 33.6 Å². The summed E-state index contributed by atoms with van der Waals surface area (Å²) in [5, 5.41) is 2.68. The third-order valence-corrected chi connectivity index (χ3v) is 5.32. The molecule has 0 unspecified atom stereocenters. The third-order valence-electron chi connectivity index (χ3n) is 5.32. The molecule has 1 nitrogen and oxygen atoms in total. The van der Waals surface area contributed by atoms with Gasteiger partial charge >= 0.3 is 6.71 Å². The lowest BCUT2D eigenvalue weighted by atomic mass is 9.35. The average Bonchev–Trinajstić information content (AvgIpc) is 2.54. The molecule has 0 aliphatic carbocycles. The number of hydrogen-bond donors (Lipinski definition) is 1. The lowest BCUT2D eigenvalue weighted by Crippen LogP contribution is -2.79. The fourth-order valence-corrected chi connectivity index (χ4v) is 4.32. The van der Waals surface area contributed by atoms with E-state index in [1.807, 2.05) is 0 Å². The molecule has 2 aliphatic rings. The predicted molar refractivity (Wildman–Crippen MR) is 108 cm³/mol. The molecule has 0 bridgehead atoms. The van der Waals surface area contributed by atoms with Gasteiger partial charge in [0.15, 0.2) is 6.21 Å². The van der Waals surface area contributed by atoms with Crippen molar-refractivity contribution >= 4 is 29.9 Å². The van der Waals surface area contributed by atoms with Crippen LogP contribution in [0.1, 0.15) is 29.2 Å². The summed E-state index contributed by atoms with van der Waals surface area (Å²) in [7, 11) is 0. The van der Waals surface area contributed by atoms with Crippen molar-refractivity contribution in [2.75, 3.05) is 0 Å². The minimum Gasteiger partial charge on any atom is -0.240 e. The van der Waals surface area contributed by atoms with E-state index >= 15 is 0 Å². The Morgan fingerprint density at radius 3 is 2.28 bits per heavy atom. The van der Waals surface area contributed by atoms with Gasteiger partial charge in [-0.05, 0) is 51.1 Å². The van der Waals surface area contributed by atoms with Crippen LogP contribution in [0.3, 0.4) is 0 Å². The molecule has 2 aromatic carbocycles. The number of fused-ring (bicyclic) bond motifs is 2.